The molecule has 0 bridgehead atoms. The van der Waals surface area contributed by atoms with Crippen LogP contribution in [0.2, 0.25) is 0 Å². The van der Waals surface area contributed by atoms with Crippen molar-refractivity contribution in [1.82, 2.24) is 0 Å². The zero-order valence-electron chi connectivity index (χ0n) is 20.3. The number of esters is 4. The second-order valence-electron chi connectivity index (χ2n) is 8.91. The topological polar surface area (TPSA) is 131 Å². The minimum absolute atomic E-state index is 0.0675. The van der Waals surface area contributed by atoms with Crippen LogP contribution in [-0.4, -0.2) is 42.6 Å². The number of carbonyl (C=O) groups excluding carboxylic acids is 4. The van der Waals surface area contributed by atoms with Gasteiger partial charge >= 0.3 is 23.9 Å². The van der Waals surface area contributed by atoms with Gasteiger partial charge in [-0.3, -0.25) is 19.2 Å². The van der Waals surface area contributed by atoms with E-state index in [1.807, 2.05) is 20.8 Å². The lowest BCUT2D eigenvalue weighted by Crippen LogP contribution is -2.37. The van der Waals surface area contributed by atoms with Crippen molar-refractivity contribution in [2.24, 2.45) is 11.1 Å². The van der Waals surface area contributed by atoms with Gasteiger partial charge in [0.05, 0.1) is 6.42 Å². The van der Waals surface area contributed by atoms with Gasteiger partial charge in [0.25, 0.3) is 0 Å². The molecule has 1 rings (SSSR count). The van der Waals surface area contributed by atoms with Crippen molar-refractivity contribution in [3.8, 4) is 11.5 Å². The molecule has 0 aromatic heterocycles. The van der Waals surface area contributed by atoms with Crippen molar-refractivity contribution < 1.29 is 38.1 Å². The predicted octanol–water partition coefficient (Wildman–Crippen LogP) is 3.10. The largest absolute Gasteiger partial charge is 0.462 e. The van der Waals surface area contributed by atoms with Gasteiger partial charge in [-0.15, -0.1) is 0 Å². The van der Waals surface area contributed by atoms with Crippen LogP contribution >= 0.6 is 0 Å². The molecule has 9 heteroatoms. The van der Waals surface area contributed by atoms with Gasteiger partial charge in [0.1, 0.15) is 18.8 Å². The molecule has 0 spiro atoms. The van der Waals surface area contributed by atoms with Crippen LogP contribution in [0.1, 0.15) is 66.4 Å². The van der Waals surface area contributed by atoms with Crippen molar-refractivity contribution in [3.63, 3.8) is 0 Å². The van der Waals surface area contributed by atoms with Gasteiger partial charge in [-0.2, -0.15) is 0 Å². The van der Waals surface area contributed by atoms with E-state index in [1.165, 1.54) is 12.1 Å². The normalized spacial score (nSPS) is 12.9. The Bertz CT molecular complexity index is 843. The first-order valence-electron chi connectivity index (χ1n) is 11.0. The third-order valence-corrected chi connectivity index (χ3v) is 4.26. The Labute approximate surface area is 194 Å². The Morgan fingerprint density at radius 2 is 1.52 bits per heavy atom. The number of rotatable bonds is 11. The van der Waals surface area contributed by atoms with E-state index in [0.717, 1.165) is 0 Å². The van der Waals surface area contributed by atoms with E-state index in [-0.39, 0.29) is 55.2 Å². The molecule has 2 atom stereocenters. The number of carbonyl (C=O) groups is 4. The molecule has 0 aliphatic rings. The van der Waals surface area contributed by atoms with Gasteiger partial charge in [-0.1, -0.05) is 40.7 Å². The number of hydrogen-bond acceptors (Lipinski definition) is 9. The average molecular weight is 466 g/mol. The molecule has 0 amide bonds. The van der Waals surface area contributed by atoms with Gasteiger partial charge in [0, 0.05) is 12.8 Å². The molecule has 1 aromatic rings. The zero-order valence-corrected chi connectivity index (χ0v) is 20.3. The van der Waals surface area contributed by atoms with Crippen molar-refractivity contribution >= 4 is 23.9 Å². The smallest absolute Gasteiger partial charge is 0.323 e. The lowest BCUT2D eigenvalue weighted by molar-refractivity contribution is -0.159. The SMILES string of the molecule is CCC(=O)Oc1ccc(C[C@H](N)C(=O)O[C@@H](C)COC(=O)CC(C)(C)C)cc1OC(=O)CC. The number of ether oxygens (including phenoxy) is 4. The van der Waals surface area contributed by atoms with Crippen molar-refractivity contribution in [3.05, 3.63) is 23.8 Å². The van der Waals surface area contributed by atoms with Crippen molar-refractivity contribution in [2.45, 2.75) is 79.4 Å². The van der Waals surface area contributed by atoms with Gasteiger partial charge < -0.3 is 24.7 Å². The molecule has 0 aliphatic carbocycles. The molecule has 9 nitrogen and oxygen atoms in total. The minimum atomic E-state index is -1.00. The Morgan fingerprint density at radius 3 is 2.06 bits per heavy atom. The Hall–Kier alpha value is -2.94. The van der Waals surface area contributed by atoms with E-state index < -0.39 is 30.1 Å². The highest BCUT2D eigenvalue weighted by atomic mass is 16.6. The Kier molecular flexibility index (Phi) is 11.0. The molecule has 2 N–H and O–H groups in total. The summed E-state index contributed by atoms with van der Waals surface area (Å²) < 4.78 is 20.9. The van der Waals surface area contributed by atoms with Crippen LogP contribution in [0, 0.1) is 5.41 Å². The number of hydrogen-bond donors (Lipinski definition) is 1. The molecule has 0 fully saturated rings. The molecule has 0 unspecified atom stereocenters. The Balaban J connectivity index is 2.74. The summed E-state index contributed by atoms with van der Waals surface area (Å²) in [6.07, 6.45) is -0.0292. The maximum Gasteiger partial charge on any atom is 0.323 e. The molecule has 0 heterocycles. The maximum absolute atomic E-state index is 12.3. The summed E-state index contributed by atoms with van der Waals surface area (Å²) in [6, 6.07) is 3.59. The number of nitrogens with two attached hydrogens (primary N) is 1. The van der Waals surface area contributed by atoms with Gasteiger partial charge in [-0.05, 0) is 36.5 Å². The lowest BCUT2D eigenvalue weighted by atomic mass is 9.92. The van der Waals surface area contributed by atoms with Gasteiger partial charge in [0.15, 0.2) is 11.5 Å². The summed E-state index contributed by atoms with van der Waals surface area (Å²) in [5, 5.41) is 0. The van der Waals surface area contributed by atoms with Crippen molar-refractivity contribution in [1.29, 1.82) is 0 Å². The highest BCUT2D eigenvalue weighted by molar-refractivity contribution is 5.77. The minimum Gasteiger partial charge on any atom is -0.462 e. The zero-order chi connectivity index (χ0) is 25.2. The van der Waals surface area contributed by atoms with Crippen LogP contribution in [0.3, 0.4) is 0 Å². The fourth-order valence-electron chi connectivity index (χ4n) is 2.58. The first-order chi connectivity index (χ1) is 15.3. The van der Waals surface area contributed by atoms with Gasteiger partial charge in [0.2, 0.25) is 0 Å². The van der Waals surface area contributed by atoms with E-state index in [9.17, 15) is 19.2 Å². The molecular weight excluding hydrogens is 430 g/mol. The second kappa shape index (κ2) is 12.9. The molecule has 0 radical (unpaired) electrons. The summed E-state index contributed by atoms with van der Waals surface area (Å²) in [4.78, 5) is 47.5. The molecular formula is C24H35NO8. The maximum atomic E-state index is 12.3. The lowest BCUT2D eigenvalue weighted by Gasteiger charge is -2.19. The second-order valence-corrected chi connectivity index (χ2v) is 8.91. The summed E-state index contributed by atoms with van der Waals surface area (Å²) >= 11 is 0. The molecule has 1 aromatic carbocycles. The first kappa shape index (κ1) is 28.1. The monoisotopic (exact) mass is 465 g/mol. The molecule has 33 heavy (non-hydrogen) atoms. The molecule has 184 valence electrons. The molecule has 0 aliphatic heterocycles. The predicted molar refractivity (Wildman–Crippen MR) is 121 cm³/mol. The third kappa shape index (κ3) is 11.0. The highest BCUT2D eigenvalue weighted by Gasteiger charge is 2.22. The van der Waals surface area contributed by atoms with E-state index in [1.54, 1.807) is 26.8 Å². The Morgan fingerprint density at radius 1 is 0.939 bits per heavy atom. The van der Waals surface area contributed by atoms with E-state index in [0.29, 0.717) is 5.56 Å². The van der Waals surface area contributed by atoms with Crippen LogP contribution in [0.15, 0.2) is 18.2 Å². The van der Waals surface area contributed by atoms with Gasteiger partial charge in [-0.25, -0.2) is 0 Å². The van der Waals surface area contributed by atoms with Crippen LogP contribution in [-0.2, 0) is 35.1 Å². The molecule has 0 saturated carbocycles. The molecule has 0 saturated heterocycles. The third-order valence-electron chi connectivity index (χ3n) is 4.26. The van der Waals surface area contributed by atoms with Crippen molar-refractivity contribution in [2.75, 3.05) is 6.61 Å². The standard InChI is InChI=1S/C24H35NO8/c1-7-20(26)32-18-10-9-16(12-19(18)33-21(27)8-2)11-17(25)23(29)31-15(3)14-30-22(28)13-24(4,5)6/h9-10,12,15,17H,7-8,11,13-14,25H2,1-6H3/t15-,17-/m0/s1. The van der Waals surface area contributed by atoms with E-state index in [2.05, 4.69) is 0 Å². The fraction of sp³-hybridized carbons (Fsp3) is 0.583. The fourth-order valence-corrected chi connectivity index (χ4v) is 2.58. The van der Waals surface area contributed by atoms with Crippen LogP contribution in [0.4, 0.5) is 0 Å². The number of benzene rings is 1. The summed E-state index contributed by atoms with van der Waals surface area (Å²) in [7, 11) is 0. The highest BCUT2D eigenvalue weighted by Crippen LogP contribution is 2.30. The first-order valence-corrected chi connectivity index (χ1v) is 11.0. The summed E-state index contributed by atoms with van der Waals surface area (Å²) in [6.45, 7) is 10.6. The van der Waals surface area contributed by atoms with Crippen LogP contribution in [0.5, 0.6) is 11.5 Å². The average Bonchev–Trinajstić information content (AvgIpc) is 2.72. The van der Waals surface area contributed by atoms with E-state index in [4.69, 9.17) is 24.7 Å². The van der Waals surface area contributed by atoms with Crippen LogP contribution in [0.25, 0.3) is 0 Å². The van der Waals surface area contributed by atoms with Crippen LogP contribution < -0.4 is 15.2 Å². The van der Waals surface area contributed by atoms with E-state index >= 15 is 0 Å². The quantitative estimate of drug-likeness (QED) is 0.387. The summed E-state index contributed by atoms with van der Waals surface area (Å²) in [5.74, 6) is -1.83. The summed E-state index contributed by atoms with van der Waals surface area (Å²) in [5.41, 5.74) is 6.36.